The maximum Gasteiger partial charge on any atom is 0.306 e. The minimum Gasteiger partial charge on any atom is -0.462 e. The molecule has 6 heteroatoms. The molecule has 0 amide bonds. The fourth-order valence-corrected chi connectivity index (χ4v) is 6.69. The number of ether oxygens (including phenoxy) is 3. The average molecular weight is 887 g/mol. The molecule has 362 valence electrons. The van der Waals surface area contributed by atoms with E-state index in [0.717, 1.165) is 116 Å². The number of hydrogen-bond acceptors (Lipinski definition) is 6. The second kappa shape index (κ2) is 51.7. The van der Waals surface area contributed by atoms with Crippen molar-refractivity contribution in [3.05, 3.63) is 109 Å². The molecular formula is C58H94O6. The van der Waals surface area contributed by atoms with Crippen molar-refractivity contribution in [2.24, 2.45) is 0 Å². The quantitative estimate of drug-likeness (QED) is 0.0262. The molecule has 0 aromatic heterocycles. The predicted molar refractivity (Wildman–Crippen MR) is 274 cm³/mol. The van der Waals surface area contributed by atoms with E-state index < -0.39 is 6.10 Å². The lowest BCUT2D eigenvalue weighted by Crippen LogP contribution is -2.30. The summed E-state index contributed by atoms with van der Waals surface area (Å²) >= 11 is 0. The molecule has 0 heterocycles. The summed E-state index contributed by atoms with van der Waals surface area (Å²) in [7, 11) is 0. The van der Waals surface area contributed by atoms with Crippen LogP contribution in [0.15, 0.2) is 109 Å². The summed E-state index contributed by atoms with van der Waals surface area (Å²) in [5.41, 5.74) is 0. The van der Waals surface area contributed by atoms with Gasteiger partial charge in [-0.25, -0.2) is 0 Å². The first kappa shape index (κ1) is 60.1. The van der Waals surface area contributed by atoms with E-state index in [2.05, 4.69) is 130 Å². The van der Waals surface area contributed by atoms with E-state index in [9.17, 15) is 14.4 Å². The van der Waals surface area contributed by atoms with Crippen LogP contribution in [0.2, 0.25) is 0 Å². The highest BCUT2D eigenvalue weighted by molar-refractivity contribution is 5.71. The molecule has 0 saturated heterocycles. The van der Waals surface area contributed by atoms with Gasteiger partial charge in [0.25, 0.3) is 0 Å². The average Bonchev–Trinajstić information content (AvgIpc) is 3.29. The first-order valence-electron chi connectivity index (χ1n) is 25.9. The van der Waals surface area contributed by atoms with Gasteiger partial charge in [0.05, 0.1) is 0 Å². The number of allylic oxidation sites excluding steroid dienone is 18. The summed E-state index contributed by atoms with van der Waals surface area (Å²) in [6.45, 7) is 6.29. The maximum absolute atomic E-state index is 12.7. The van der Waals surface area contributed by atoms with Crippen molar-refractivity contribution in [2.45, 2.75) is 226 Å². The van der Waals surface area contributed by atoms with E-state index in [1.165, 1.54) is 57.8 Å². The number of unbranched alkanes of at least 4 members (excludes halogenated alkanes) is 16. The standard InChI is InChI=1S/C58H94O6/c1-4-7-10-13-16-18-20-22-24-25-26-27-28-29-30-31-32-33-35-36-38-40-42-45-48-51-57(60)63-54-55(53-62-56(59)50-47-44-15-12-9-6-3)64-58(61)52-49-46-43-41-39-37-34-23-21-19-17-14-11-8-5-2/h7-8,10-11,16-19,22-24,26-27,29-30,34,39,41,55H,4-6,9,12-15,20-21,25,28,31-33,35-38,40,42-54H2,1-3H3/b10-7-,11-8-,18-16-,19-17-,24-22-,27-26-,30-29-,34-23-,41-39-. The number of hydrogen-bond donors (Lipinski definition) is 0. The van der Waals surface area contributed by atoms with Gasteiger partial charge in [0, 0.05) is 19.3 Å². The van der Waals surface area contributed by atoms with Gasteiger partial charge in [0.2, 0.25) is 0 Å². The second-order valence-electron chi connectivity index (χ2n) is 16.7. The van der Waals surface area contributed by atoms with Gasteiger partial charge in [-0.3, -0.25) is 14.4 Å². The molecule has 0 saturated carbocycles. The molecule has 0 bridgehead atoms. The fraction of sp³-hybridized carbons (Fsp3) is 0.638. The Morgan fingerprint density at radius 1 is 0.328 bits per heavy atom. The highest BCUT2D eigenvalue weighted by atomic mass is 16.6. The Balaban J connectivity index is 4.23. The molecule has 6 nitrogen and oxygen atoms in total. The van der Waals surface area contributed by atoms with Crippen LogP contribution >= 0.6 is 0 Å². The molecule has 0 N–H and O–H groups in total. The van der Waals surface area contributed by atoms with Gasteiger partial charge < -0.3 is 14.2 Å². The van der Waals surface area contributed by atoms with Crippen molar-refractivity contribution >= 4 is 17.9 Å². The van der Waals surface area contributed by atoms with E-state index in [0.29, 0.717) is 19.3 Å². The predicted octanol–water partition coefficient (Wildman–Crippen LogP) is 17.1. The minimum absolute atomic E-state index is 0.0982. The van der Waals surface area contributed by atoms with Crippen LogP contribution in [0.4, 0.5) is 0 Å². The normalized spacial score (nSPS) is 13.0. The first-order valence-corrected chi connectivity index (χ1v) is 25.9. The third-order valence-electron chi connectivity index (χ3n) is 10.5. The van der Waals surface area contributed by atoms with Crippen molar-refractivity contribution in [3.8, 4) is 0 Å². The van der Waals surface area contributed by atoms with E-state index in [1.807, 2.05) is 0 Å². The van der Waals surface area contributed by atoms with Gasteiger partial charge in [0.1, 0.15) is 13.2 Å². The van der Waals surface area contributed by atoms with E-state index in [-0.39, 0.29) is 37.5 Å². The van der Waals surface area contributed by atoms with Gasteiger partial charge >= 0.3 is 17.9 Å². The summed E-state index contributed by atoms with van der Waals surface area (Å²) < 4.78 is 16.7. The lowest BCUT2D eigenvalue weighted by molar-refractivity contribution is -0.167. The molecule has 1 atom stereocenters. The summed E-state index contributed by atoms with van der Waals surface area (Å²) in [6, 6.07) is 0. The van der Waals surface area contributed by atoms with Crippen molar-refractivity contribution in [1.82, 2.24) is 0 Å². The number of esters is 3. The van der Waals surface area contributed by atoms with Crippen molar-refractivity contribution in [3.63, 3.8) is 0 Å². The zero-order valence-corrected chi connectivity index (χ0v) is 41.3. The van der Waals surface area contributed by atoms with Gasteiger partial charge in [-0.15, -0.1) is 0 Å². The molecule has 0 radical (unpaired) electrons. The Kier molecular flexibility index (Phi) is 48.5. The molecule has 64 heavy (non-hydrogen) atoms. The van der Waals surface area contributed by atoms with Gasteiger partial charge in [0.15, 0.2) is 6.10 Å². The van der Waals surface area contributed by atoms with Crippen LogP contribution in [0.5, 0.6) is 0 Å². The van der Waals surface area contributed by atoms with Crippen molar-refractivity contribution in [1.29, 1.82) is 0 Å². The molecule has 0 aromatic rings. The number of rotatable bonds is 45. The van der Waals surface area contributed by atoms with Crippen LogP contribution in [0.1, 0.15) is 220 Å². The van der Waals surface area contributed by atoms with Crippen molar-refractivity contribution in [2.75, 3.05) is 13.2 Å². The van der Waals surface area contributed by atoms with Gasteiger partial charge in [-0.05, 0) is 103 Å². The van der Waals surface area contributed by atoms with Crippen LogP contribution in [-0.2, 0) is 28.6 Å². The molecular weight excluding hydrogens is 793 g/mol. The molecule has 0 rings (SSSR count). The van der Waals surface area contributed by atoms with Crippen LogP contribution < -0.4 is 0 Å². The van der Waals surface area contributed by atoms with E-state index >= 15 is 0 Å². The lowest BCUT2D eigenvalue weighted by Gasteiger charge is -2.18. The third kappa shape index (κ3) is 49.1. The molecule has 0 fully saturated rings. The Hall–Kier alpha value is -3.93. The van der Waals surface area contributed by atoms with Crippen LogP contribution in [-0.4, -0.2) is 37.2 Å². The molecule has 0 aromatic carbocycles. The zero-order chi connectivity index (χ0) is 46.5. The van der Waals surface area contributed by atoms with Crippen LogP contribution in [0.25, 0.3) is 0 Å². The lowest BCUT2D eigenvalue weighted by atomic mass is 10.1. The first-order chi connectivity index (χ1) is 31.5. The van der Waals surface area contributed by atoms with Crippen LogP contribution in [0.3, 0.4) is 0 Å². The second-order valence-corrected chi connectivity index (χ2v) is 16.7. The van der Waals surface area contributed by atoms with E-state index in [4.69, 9.17) is 14.2 Å². The molecule has 0 aliphatic carbocycles. The summed E-state index contributed by atoms with van der Waals surface area (Å²) in [5, 5.41) is 0. The molecule has 0 aliphatic heterocycles. The Morgan fingerprint density at radius 3 is 0.984 bits per heavy atom. The molecule has 0 spiro atoms. The third-order valence-corrected chi connectivity index (χ3v) is 10.5. The Labute approximate surface area is 393 Å². The SMILES string of the molecule is CC/C=C\C/C=C\C/C=C\C/C=C\C/C=C\CCCCCCCCCCCC(=O)OCC(COC(=O)CCCCCCCC)OC(=O)CCCC/C=C\C/C=C\C/C=C\C/C=C\CC. The van der Waals surface area contributed by atoms with Gasteiger partial charge in [-0.2, -0.15) is 0 Å². The maximum atomic E-state index is 12.7. The number of carbonyl (C=O) groups is 3. The fourth-order valence-electron chi connectivity index (χ4n) is 6.69. The Morgan fingerprint density at radius 2 is 0.609 bits per heavy atom. The topological polar surface area (TPSA) is 78.9 Å². The monoisotopic (exact) mass is 887 g/mol. The number of carbonyl (C=O) groups excluding carboxylic acids is 3. The van der Waals surface area contributed by atoms with Crippen molar-refractivity contribution < 1.29 is 28.6 Å². The smallest absolute Gasteiger partial charge is 0.306 e. The zero-order valence-electron chi connectivity index (χ0n) is 41.3. The molecule has 1 unspecified atom stereocenters. The highest BCUT2D eigenvalue weighted by Gasteiger charge is 2.19. The Bertz CT molecular complexity index is 1340. The van der Waals surface area contributed by atoms with Gasteiger partial charge in [-0.1, -0.05) is 207 Å². The summed E-state index contributed by atoms with van der Waals surface area (Å²) in [5.74, 6) is -0.962. The van der Waals surface area contributed by atoms with E-state index in [1.54, 1.807) is 0 Å². The minimum atomic E-state index is -0.800. The van der Waals surface area contributed by atoms with Crippen LogP contribution in [0, 0.1) is 0 Å². The highest BCUT2D eigenvalue weighted by Crippen LogP contribution is 2.13. The largest absolute Gasteiger partial charge is 0.462 e. The summed E-state index contributed by atoms with van der Waals surface area (Å²) in [4.78, 5) is 37.7. The summed E-state index contributed by atoms with van der Waals surface area (Å²) in [6.07, 6.45) is 69.6. The molecule has 0 aliphatic rings.